The van der Waals surface area contributed by atoms with Gasteiger partial charge in [-0.2, -0.15) is 0 Å². The zero-order valence-corrected chi connectivity index (χ0v) is 14.0. The fourth-order valence-electron chi connectivity index (χ4n) is 1.67. The summed E-state index contributed by atoms with van der Waals surface area (Å²) in [6.45, 7) is 0. The van der Waals surface area contributed by atoms with E-state index in [1.54, 1.807) is 24.3 Å². The number of amides is 2. The Morgan fingerprint density at radius 3 is 2.17 bits per heavy atom. The maximum Gasteiger partial charge on any atom is 0.270 e. The third-order valence-electron chi connectivity index (χ3n) is 2.75. The molecule has 0 bridgehead atoms. The number of rotatable bonds is 2. The zero-order chi connectivity index (χ0) is 16.8. The molecular weight excluding hydrogens is 385 g/mol. The second-order valence-corrected chi connectivity index (χ2v) is 5.58. The van der Waals surface area contributed by atoms with Crippen molar-refractivity contribution >= 4 is 45.1 Å². The molecule has 0 aliphatic heterocycles. The molecule has 2 amide bonds. The number of carbonyl (C=O) groups excluding carboxylic acids is 2. The number of hydrazine groups is 1. The van der Waals surface area contributed by atoms with E-state index in [-0.39, 0.29) is 10.7 Å². The number of carbonyl (C=O) groups is 2. The maximum absolute atomic E-state index is 13.5. The third-order valence-corrected chi connectivity index (χ3v) is 3.65. The molecule has 0 radical (unpaired) electrons. The van der Waals surface area contributed by atoms with Gasteiger partial charge in [0.25, 0.3) is 11.8 Å². The van der Waals surface area contributed by atoms with Crippen LogP contribution >= 0.6 is 28.1 Å². The normalized spacial score (nSPS) is 9.83. The molecular formula is C15H11BrFN3O2S. The lowest BCUT2D eigenvalue weighted by Gasteiger charge is -2.11. The van der Waals surface area contributed by atoms with E-state index in [0.29, 0.717) is 10.0 Å². The summed E-state index contributed by atoms with van der Waals surface area (Å²) in [6, 6.07) is 12.3. The van der Waals surface area contributed by atoms with Gasteiger partial charge < -0.3 is 0 Å². The van der Waals surface area contributed by atoms with Crippen molar-refractivity contribution in [3.8, 4) is 0 Å². The average Bonchev–Trinajstić information content (AvgIpc) is 2.53. The predicted molar refractivity (Wildman–Crippen MR) is 91.2 cm³/mol. The standard InChI is InChI=1S/C15H11BrFN3O2S/c16-11-7-3-1-5-9(11)14(22)19-20-15(23)18-13(21)10-6-2-4-8-12(10)17/h1-8H,(H,19,22)(H2,18,20,21,23). The van der Waals surface area contributed by atoms with Gasteiger partial charge in [0.05, 0.1) is 11.1 Å². The molecule has 0 aromatic heterocycles. The molecule has 3 N–H and O–H groups in total. The monoisotopic (exact) mass is 395 g/mol. The van der Waals surface area contributed by atoms with Gasteiger partial charge in [0, 0.05) is 4.47 Å². The van der Waals surface area contributed by atoms with Crippen molar-refractivity contribution in [1.82, 2.24) is 16.2 Å². The third kappa shape index (κ3) is 4.57. The number of hydrogen-bond donors (Lipinski definition) is 3. The topological polar surface area (TPSA) is 70.2 Å². The Kier molecular flexibility index (Phi) is 5.78. The molecule has 0 heterocycles. The minimum atomic E-state index is -0.712. The summed E-state index contributed by atoms with van der Waals surface area (Å²) in [4.78, 5) is 23.8. The van der Waals surface area contributed by atoms with Crippen LogP contribution in [0.4, 0.5) is 4.39 Å². The molecule has 23 heavy (non-hydrogen) atoms. The van der Waals surface area contributed by atoms with Crippen molar-refractivity contribution < 1.29 is 14.0 Å². The second-order valence-electron chi connectivity index (χ2n) is 4.32. The summed E-state index contributed by atoms with van der Waals surface area (Å²) >= 11 is 8.13. The largest absolute Gasteiger partial charge is 0.298 e. The zero-order valence-electron chi connectivity index (χ0n) is 11.6. The van der Waals surface area contributed by atoms with Crippen molar-refractivity contribution in [3.63, 3.8) is 0 Å². The summed E-state index contributed by atoms with van der Waals surface area (Å²) in [7, 11) is 0. The molecule has 0 spiro atoms. The van der Waals surface area contributed by atoms with Crippen LogP contribution < -0.4 is 16.2 Å². The van der Waals surface area contributed by atoms with Crippen molar-refractivity contribution in [2.45, 2.75) is 0 Å². The molecule has 0 unspecified atom stereocenters. The maximum atomic E-state index is 13.5. The van der Waals surface area contributed by atoms with E-state index in [1.807, 2.05) is 0 Å². The molecule has 118 valence electrons. The predicted octanol–water partition coefficient (Wildman–Crippen LogP) is 2.54. The van der Waals surface area contributed by atoms with Gasteiger partial charge in [-0.15, -0.1) is 0 Å². The van der Waals surface area contributed by atoms with E-state index in [2.05, 4.69) is 32.1 Å². The summed E-state index contributed by atoms with van der Waals surface area (Å²) < 4.78 is 14.1. The summed E-state index contributed by atoms with van der Waals surface area (Å²) in [6.07, 6.45) is 0. The fraction of sp³-hybridized carbons (Fsp3) is 0. The first-order chi connectivity index (χ1) is 11.0. The average molecular weight is 396 g/mol. The van der Waals surface area contributed by atoms with E-state index < -0.39 is 17.6 Å². The van der Waals surface area contributed by atoms with E-state index in [1.165, 1.54) is 24.3 Å². The van der Waals surface area contributed by atoms with Crippen LogP contribution in [0.3, 0.4) is 0 Å². The summed E-state index contributed by atoms with van der Waals surface area (Å²) in [5, 5.41) is 2.12. The number of nitrogens with one attached hydrogen (secondary N) is 3. The highest BCUT2D eigenvalue weighted by molar-refractivity contribution is 9.10. The van der Waals surface area contributed by atoms with Gasteiger partial charge in [-0.1, -0.05) is 24.3 Å². The van der Waals surface area contributed by atoms with Crippen LogP contribution in [0.15, 0.2) is 53.0 Å². The Morgan fingerprint density at radius 2 is 1.52 bits per heavy atom. The minimum Gasteiger partial charge on any atom is -0.298 e. The first-order valence-electron chi connectivity index (χ1n) is 6.40. The molecule has 0 saturated carbocycles. The second kappa shape index (κ2) is 7.80. The lowest BCUT2D eigenvalue weighted by molar-refractivity contribution is 0.0933. The highest BCUT2D eigenvalue weighted by Gasteiger charge is 2.13. The molecule has 2 aromatic rings. The molecule has 0 saturated heterocycles. The molecule has 8 heteroatoms. The van der Waals surface area contributed by atoms with Gasteiger partial charge in [-0.3, -0.25) is 25.8 Å². The van der Waals surface area contributed by atoms with Gasteiger partial charge in [-0.05, 0) is 52.4 Å². The Hall–Kier alpha value is -2.32. The van der Waals surface area contributed by atoms with Crippen LogP contribution in [0, 0.1) is 5.82 Å². The molecule has 0 aliphatic carbocycles. The van der Waals surface area contributed by atoms with Crippen LogP contribution in [0.1, 0.15) is 20.7 Å². The van der Waals surface area contributed by atoms with Crippen LogP contribution in [-0.4, -0.2) is 16.9 Å². The molecule has 0 aliphatic rings. The number of benzene rings is 2. The van der Waals surface area contributed by atoms with E-state index in [9.17, 15) is 14.0 Å². The number of halogens is 2. The van der Waals surface area contributed by atoms with Crippen LogP contribution in [0.5, 0.6) is 0 Å². The van der Waals surface area contributed by atoms with Crippen LogP contribution in [0.2, 0.25) is 0 Å². The van der Waals surface area contributed by atoms with E-state index in [4.69, 9.17) is 12.2 Å². The highest BCUT2D eigenvalue weighted by atomic mass is 79.9. The minimum absolute atomic E-state index is 0.145. The smallest absolute Gasteiger partial charge is 0.270 e. The molecule has 2 rings (SSSR count). The molecule has 2 aromatic carbocycles. The number of thiocarbonyl (C=S) groups is 1. The first kappa shape index (κ1) is 17.0. The number of hydrogen-bond acceptors (Lipinski definition) is 3. The van der Waals surface area contributed by atoms with Crippen molar-refractivity contribution in [2.24, 2.45) is 0 Å². The van der Waals surface area contributed by atoms with Gasteiger partial charge in [0.15, 0.2) is 5.11 Å². The highest BCUT2D eigenvalue weighted by Crippen LogP contribution is 2.15. The van der Waals surface area contributed by atoms with E-state index in [0.717, 1.165) is 0 Å². The Morgan fingerprint density at radius 1 is 0.913 bits per heavy atom. The summed E-state index contributed by atoms with van der Waals surface area (Å²) in [5.74, 6) is -1.82. The molecule has 0 atom stereocenters. The first-order valence-corrected chi connectivity index (χ1v) is 7.60. The quantitative estimate of drug-likeness (QED) is 0.539. The van der Waals surface area contributed by atoms with Crippen molar-refractivity contribution in [1.29, 1.82) is 0 Å². The Labute approximate surface area is 145 Å². The molecule has 0 fully saturated rings. The van der Waals surface area contributed by atoms with Crippen LogP contribution in [0.25, 0.3) is 0 Å². The van der Waals surface area contributed by atoms with E-state index >= 15 is 0 Å². The Bertz CT molecular complexity index is 770. The van der Waals surface area contributed by atoms with Gasteiger partial charge in [0.1, 0.15) is 5.82 Å². The van der Waals surface area contributed by atoms with Crippen molar-refractivity contribution in [3.05, 3.63) is 69.9 Å². The lowest BCUT2D eigenvalue weighted by Crippen LogP contribution is -2.48. The van der Waals surface area contributed by atoms with Gasteiger partial charge in [0.2, 0.25) is 0 Å². The van der Waals surface area contributed by atoms with Gasteiger partial charge in [-0.25, -0.2) is 4.39 Å². The Balaban J connectivity index is 1.91. The lowest BCUT2D eigenvalue weighted by atomic mass is 10.2. The van der Waals surface area contributed by atoms with Gasteiger partial charge >= 0.3 is 0 Å². The summed E-state index contributed by atoms with van der Waals surface area (Å²) in [5.41, 5.74) is 4.97. The van der Waals surface area contributed by atoms with Crippen molar-refractivity contribution in [2.75, 3.05) is 0 Å². The SMILES string of the molecule is O=C(NC(=S)NNC(=O)c1ccccc1Br)c1ccccc1F. The molecule has 5 nitrogen and oxygen atoms in total. The fourth-order valence-corrected chi connectivity index (χ4v) is 2.28. The van der Waals surface area contributed by atoms with Crippen LogP contribution in [-0.2, 0) is 0 Å².